The van der Waals surface area contributed by atoms with Gasteiger partial charge in [-0.05, 0) is 13.0 Å². The Labute approximate surface area is 63.5 Å². The van der Waals surface area contributed by atoms with Crippen LogP contribution < -0.4 is 11.1 Å². The summed E-state index contributed by atoms with van der Waals surface area (Å²) >= 11 is 0. The molecule has 2 heteroatoms. The summed E-state index contributed by atoms with van der Waals surface area (Å²) in [6.07, 6.45) is 5.35. The first-order valence-electron chi connectivity index (χ1n) is 3.95. The van der Waals surface area contributed by atoms with Crippen molar-refractivity contribution in [2.24, 2.45) is 5.73 Å². The molecule has 0 aromatic carbocycles. The van der Waals surface area contributed by atoms with E-state index in [4.69, 9.17) is 5.73 Å². The molecule has 2 nitrogen and oxygen atoms in total. The number of nitrogens with one attached hydrogen (secondary N) is 1. The molecule has 10 heavy (non-hydrogen) atoms. The quantitative estimate of drug-likeness (QED) is 0.559. The molecule has 60 valence electrons. The Kier molecular flexibility index (Phi) is 6.55. The Hall–Kier alpha value is -0.340. The van der Waals surface area contributed by atoms with Crippen molar-refractivity contribution in [2.75, 3.05) is 13.1 Å². The third kappa shape index (κ3) is 4.53. The Bertz CT molecular complexity index is 89.3. The lowest BCUT2D eigenvalue weighted by Gasteiger charge is -2.09. The number of allylic oxidation sites excluding steroid dienone is 1. The first-order chi connectivity index (χ1) is 4.85. The van der Waals surface area contributed by atoms with Gasteiger partial charge in [-0.2, -0.15) is 0 Å². The average molecular weight is 142 g/mol. The molecular formula is C8H18N2. The number of nitrogens with two attached hydrogens (primary N) is 1. The zero-order valence-electron chi connectivity index (χ0n) is 6.93. The lowest BCUT2D eigenvalue weighted by Crippen LogP contribution is -2.33. The fraction of sp³-hybridized carbons (Fsp3) is 0.750. The molecular weight excluding hydrogens is 124 g/mol. The number of likely N-dealkylation sites (N-methyl/N-ethyl adjacent to an activating group) is 1. The molecule has 0 aliphatic rings. The molecule has 0 saturated heterocycles. The molecule has 0 aliphatic carbocycles. The second-order valence-electron chi connectivity index (χ2n) is 2.24. The van der Waals surface area contributed by atoms with Crippen LogP contribution in [-0.4, -0.2) is 19.1 Å². The van der Waals surface area contributed by atoms with Crippen molar-refractivity contribution in [3.63, 3.8) is 0 Å². The van der Waals surface area contributed by atoms with Crippen molar-refractivity contribution < 1.29 is 0 Å². The van der Waals surface area contributed by atoms with Gasteiger partial charge in [0.25, 0.3) is 0 Å². The third-order valence-electron chi connectivity index (χ3n) is 1.32. The van der Waals surface area contributed by atoms with Gasteiger partial charge in [-0.25, -0.2) is 0 Å². The fourth-order valence-corrected chi connectivity index (χ4v) is 0.792. The maximum absolute atomic E-state index is 5.49. The maximum Gasteiger partial charge on any atom is 0.0373 e. The number of rotatable bonds is 5. The van der Waals surface area contributed by atoms with Crippen molar-refractivity contribution in [1.29, 1.82) is 0 Å². The van der Waals surface area contributed by atoms with Gasteiger partial charge in [-0.3, -0.25) is 0 Å². The molecule has 0 spiro atoms. The van der Waals surface area contributed by atoms with E-state index in [9.17, 15) is 0 Å². The third-order valence-corrected chi connectivity index (χ3v) is 1.32. The standard InChI is InChI=1S/C8H18N2/c1-3-5-6-8(7-9)10-4-2/h5-6,8,10H,3-4,7,9H2,1-2H3/b6-5-. The predicted molar refractivity (Wildman–Crippen MR) is 46.0 cm³/mol. The summed E-state index contributed by atoms with van der Waals surface area (Å²) in [5, 5.41) is 3.26. The predicted octanol–water partition coefficient (Wildman–Crippen LogP) is 0.889. The Morgan fingerprint density at radius 1 is 1.50 bits per heavy atom. The first kappa shape index (κ1) is 9.66. The van der Waals surface area contributed by atoms with Crippen molar-refractivity contribution >= 4 is 0 Å². The van der Waals surface area contributed by atoms with Crippen LogP contribution in [0.3, 0.4) is 0 Å². The minimum Gasteiger partial charge on any atom is -0.329 e. The van der Waals surface area contributed by atoms with Gasteiger partial charge in [-0.1, -0.05) is 26.0 Å². The summed E-state index contributed by atoms with van der Waals surface area (Å²) in [5.74, 6) is 0. The monoisotopic (exact) mass is 142 g/mol. The van der Waals surface area contributed by atoms with Gasteiger partial charge in [0.1, 0.15) is 0 Å². The van der Waals surface area contributed by atoms with Gasteiger partial charge in [0.05, 0.1) is 0 Å². The summed E-state index contributed by atoms with van der Waals surface area (Å²) in [4.78, 5) is 0. The minimum absolute atomic E-state index is 0.366. The van der Waals surface area contributed by atoms with E-state index >= 15 is 0 Å². The molecule has 3 N–H and O–H groups in total. The van der Waals surface area contributed by atoms with Crippen molar-refractivity contribution in [3.8, 4) is 0 Å². The molecule has 0 bridgehead atoms. The van der Waals surface area contributed by atoms with Gasteiger partial charge in [0.15, 0.2) is 0 Å². The lowest BCUT2D eigenvalue weighted by molar-refractivity contribution is 0.622. The molecule has 0 radical (unpaired) electrons. The first-order valence-corrected chi connectivity index (χ1v) is 3.95. The Balaban J connectivity index is 3.48. The molecule has 0 aromatic heterocycles. The van der Waals surface area contributed by atoms with Crippen LogP contribution in [-0.2, 0) is 0 Å². The average Bonchev–Trinajstić information content (AvgIpc) is 1.98. The van der Waals surface area contributed by atoms with Crippen molar-refractivity contribution in [2.45, 2.75) is 26.3 Å². The highest BCUT2D eigenvalue weighted by atomic mass is 14.9. The molecule has 1 atom stereocenters. The van der Waals surface area contributed by atoms with Gasteiger partial charge < -0.3 is 11.1 Å². The van der Waals surface area contributed by atoms with Gasteiger partial charge in [0.2, 0.25) is 0 Å². The topological polar surface area (TPSA) is 38.0 Å². The van der Waals surface area contributed by atoms with Crippen LogP contribution in [0, 0.1) is 0 Å². The summed E-state index contributed by atoms with van der Waals surface area (Å²) in [7, 11) is 0. The summed E-state index contributed by atoms with van der Waals surface area (Å²) in [6.45, 7) is 5.87. The maximum atomic E-state index is 5.49. The van der Waals surface area contributed by atoms with E-state index in [1.807, 2.05) is 0 Å². The molecule has 0 aliphatic heterocycles. The summed E-state index contributed by atoms with van der Waals surface area (Å²) in [5.41, 5.74) is 5.49. The molecule has 0 heterocycles. The van der Waals surface area contributed by atoms with Crippen LogP contribution in [0.1, 0.15) is 20.3 Å². The van der Waals surface area contributed by atoms with Crippen LogP contribution in [0.2, 0.25) is 0 Å². The largest absolute Gasteiger partial charge is 0.329 e. The molecule has 0 saturated carbocycles. The van der Waals surface area contributed by atoms with Crippen LogP contribution in [0.15, 0.2) is 12.2 Å². The van der Waals surface area contributed by atoms with E-state index in [0.717, 1.165) is 13.0 Å². The summed E-state index contributed by atoms with van der Waals surface area (Å²) in [6, 6.07) is 0.366. The van der Waals surface area contributed by atoms with Crippen LogP contribution in [0.4, 0.5) is 0 Å². The van der Waals surface area contributed by atoms with Crippen LogP contribution in [0.25, 0.3) is 0 Å². The Morgan fingerprint density at radius 2 is 2.20 bits per heavy atom. The number of hydrogen-bond acceptors (Lipinski definition) is 2. The number of hydrogen-bond donors (Lipinski definition) is 2. The molecule has 0 amide bonds. The normalized spacial score (nSPS) is 14.3. The van der Waals surface area contributed by atoms with E-state index in [-0.39, 0.29) is 0 Å². The molecule has 1 unspecified atom stereocenters. The highest BCUT2D eigenvalue weighted by molar-refractivity contribution is 4.92. The molecule has 0 rings (SSSR count). The summed E-state index contributed by atoms with van der Waals surface area (Å²) < 4.78 is 0. The van der Waals surface area contributed by atoms with Crippen LogP contribution in [0.5, 0.6) is 0 Å². The van der Waals surface area contributed by atoms with Crippen molar-refractivity contribution in [3.05, 3.63) is 12.2 Å². The molecule has 0 fully saturated rings. The second-order valence-corrected chi connectivity index (χ2v) is 2.24. The van der Waals surface area contributed by atoms with E-state index in [0.29, 0.717) is 12.6 Å². The molecule has 0 aromatic rings. The van der Waals surface area contributed by atoms with E-state index < -0.39 is 0 Å². The minimum atomic E-state index is 0.366. The zero-order valence-corrected chi connectivity index (χ0v) is 6.93. The van der Waals surface area contributed by atoms with Gasteiger partial charge in [-0.15, -0.1) is 0 Å². The Morgan fingerprint density at radius 3 is 2.60 bits per heavy atom. The lowest BCUT2D eigenvalue weighted by atomic mass is 10.2. The smallest absolute Gasteiger partial charge is 0.0373 e. The fourth-order valence-electron chi connectivity index (χ4n) is 0.792. The van der Waals surface area contributed by atoms with E-state index in [2.05, 4.69) is 31.3 Å². The van der Waals surface area contributed by atoms with Gasteiger partial charge in [0, 0.05) is 12.6 Å². The zero-order chi connectivity index (χ0) is 7.82. The highest BCUT2D eigenvalue weighted by Crippen LogP contribution is 1.85. The van der Waals surface area contributed by atoms with E-state index in [1.165, 1.54) is 0 Å². The van der Waals surface area contributed by atoms with E-state index in [1.54, 1.807) is 0 Å². The van der Waals surface area contributed by atoms with Crippen LogP contribution >= 0.6 is 0 Å². The highest BCUT2D eigenvalue weighted by Gasteiger charge is 1.95. The second kappa shape index (κ2) is 6.78. The van der Waals surface area contributed by atoms with Gasteiger partial charge >= 0.3 is 0 Å². The SMILES string of the molecule is CC/C=C\C(CN)NCC. The van der Waals surface area contributed by atoms with Crippen molar-refractivity contribution in [1.82, 2.24) is 5.32 Å².